The van der Waals surface area contributed by atoms with Crippen LogP contribution in [0.1, 0.15) is 19.3 Å². The van der Waals surface area contributed by atoms with Crippen molar-refractivity contribution in [3.8, 4) is 0 Å². The van der Waals surface area contributed by atoms with Gasteiger partial charge in [0.1, 0.15) is 0 Å². The number of hydrogen-bond donors (Lipinski definition) is 0. The van der Waals surface area contributed by atoms with Gasteiger partial charge < -0.3 is 9.64 Å². The van der Waals surface area contributed by atoms with Gasteiger partial charge in [0.05, 0.1) is 0 Å². The van der Waals surface area contributed by atoms with Crippen LogP contribution in [0, 0.1) is 12.8 Å². The van der Waals surface area contributed by atoms with E-state index in [0.29, 0.717) is 5.92 Å². The molecular weight excluding hydrogens is 166 g/mol. The first-order valence-electron chi connectivity index (χ1n) is 4.84. The van der Waals surface area contributed by atoms with Crippen molar-refractivity contribution in [2.24, 2.45) is 5.92 Å². The van der Waals surface area contributed by atoms with Gasteiger partial charge in [0.25, 0.3) is 0 Å². The van der Waals surface area contributed by atoms with Gasteiger partial charge in [0, 0.05) is 33.7 Å². The van der Waals surface area contributed by atoms with Gasteiger partial charge in [-0.15, -0.1) is 0 Å². The Balaban J connectivity index is 2.29. The summed E-state index contributed by atoms with van der Waals surface area (Å²) in [5, 5.41) is 0. The van der Waals surface area contributed by atoms with Gasteiger partial charge in [0.2, 0.25) is 5.91 Å². The second-order valence-corrected chi connectivity index (χ2v) is 3.63. The van der Waals surface area contributed by atoms with Gasteiger partial charge in [-0.05, 0) is 25.2 Å². The number of carbonyl (C=O) groups is 1. The largest absolute Gasteiger partial charge is 0.385 e. The summed E-state index contributed by atoms with van der Waals surface area (Å²) in [6, 6.07) is 0. The maximum Gasteiger partial charge on any atom is 0.223 e. The molecule has 0 aliphatic carbocycles. The van der Waals surface area contributed by atoms with E-state index in [2.05, 4.69) is 6.92 Å². The molecule has 0 aromatic heterocycles. The predicted molar refractivity (Wildman–Crippen MR) is 51.2 cm³/mol. The molecule has 1 rings (SSSR count). The fourth-order valence-corrected chi connectivity index (χ4v) is 1.81. The molecule has 0 unspecified atom stereocenters. The van der Waals surface area contributed by atoms with E-state index in [0.717, 1.165) is 32.5 Å². The van der Waals surface area contributed by atoms with Crippen molar-refractivity contribution in [1.82, 2.24) is 4.90 Å². The van der Waals surface area contributed by atoms with Crippen LogP contribution in [0.3, 0.4) is 0 Å². The minimum atomic E-state index is -0.0397. The van der Waals surface area contributed by atoms with Gasteiger partial charge in [-0.25, -0.2) is 0 Å². The lowest BCUT2D eigenvalue weighted by Gasteiger charge is -2.31. The van der Waals surface area contributed by atoms with Crippen molar-refractivity contribution >= 4 is 5.91 Å². The minimum Gasteiger partial charge on any atom is -0.385 e. The van der Waals surface area contributed by atoms with Crippen LogP contribution in [0.2, 0.25) is 0 Å². The third-order valence-corrected chi connectivity index (χ3v) is 2.60. The van der Waals surface area contributed by atoms with Crippen LogP contribution in [0.15, 0.2) is 0 Å². The van der Waals surface area contributed by atoms with Gasteiger partial charge in [-0.2, -0.15) is 0 Å². The summed E-state index contributed by atoms with van der Waals surface area (Å²) in [7, 11) is 1.72. The summed E-state index contributed by atoms with van der Waals surface area (Å²) in [5.41, 5.74) is 0. The van der Waals surface area contributed by atoms with Crippen molar-refractivity contribution in [3.63, 3.8) is 0 Å². The smallest absolute Gasteiger partial charge is 0.223 e. The molecule has 75 valence electrons. The van der Waals surface area contributed by atoms with E-state index in [-0.39, 0.29) is 5.91 Å². The van der Waals surface area contributed by atoms with E-state index in [1.807, 2.05) is 4.90 Å². The maximum absolute atomic E-state index is 11.0. The summed E-state index contributed by atoms with van der Waals surface area (Å²) >= 11 is 0. The lowest BCUT2D eigenvalue weighted by Crippen LogP contribution is -2.38. The summed E-state index contributed by atoms with van der Waals surface area (Å²) < 4.78 is 5.02. The highest BCUT2D eigenvalue weighted by Crippen LogP contribution is 2.19. The maximum atomic E-state index is 11.0. The average molecular weight is 184 g/mol. The normalized spacial score (nSPS) is 23.2. The van der Waals surface area contributed by atoms with Crippen molar-refractivity contribution in [3.05, 3.63) is 6.92 Å². The number of carbonyl (C=O) groups excluding carboxylic acids is 1. The quantitative estimate of drug-likeness (QED) is 0.657. The number of amides is 1. The second kappa shape index (κ2) is 5.22. The number of methoxy groups -OCH3 is 1. The topological polar surface area (TPSA) is 29.5 Å². The Labute approximate surface area is 80.1 Å². The van der Waals surface area contributed by atoms with Crippen molar-refractivity contribution in [2.75, 3.05) is 26.8 Å². The third kappa shape index (κ3) is 3.35. The summed E-state index contributed by atoms with van der Waals surface area (Å²) in [4.78, 5) is 12.8. The molecule has 0 bridgehead atoms. The molecule has 1 aliphatic heterocycles. The first kappa shape index (κ1) is 10.5. The average Bonchev–Trinajstić information content (AvgIpc) is 2.15. The Bertz CT molecular complexity index is 170. The number of nitrogens with zero attached hydrogens (tertiary/aromatic N) is 1. The third-order valence-electron chi connectivity index (χ3n) is 2.60. The predicted octanol–water partition coefficient (Wildman–Crippen LogP) is 1.10. The number of ether oxygens (including phenoxy) is 1. The van der Waals surface area contributed by atoms with Crippen LogP contribution >= 0.6 is 0 Å². The molecule has 3 heteroatoms. The highest BCUT2D eigenvalue weighted by molar-refractivity contribution is 5.80. The zero-order valence-electron chi connectivity index (χ0n) is 8.29. The van der Waals surface area contributed by atoms with Crippen LogP contribution in [0.5, 0.6) is 0 Å². The van der Waals surface area contributed by atoms with E-state index >= 15 is 0 Å². The van der Waals surface area contributed by atoms with E-state index < -0.39 is 0 Å². The fraction of sp³-hybridized carbons (Fsp3) is 0.800. The van der Waals surface area contributed by atoms with Crippen LogP contribution < -0.4 is 0 Å². The highest BCUT2D eigenvalue weighted by Gasteiger charge is 2.20. The van der Waals surface area contributed by atoms with Crippen LogP contribution in [0.4, 0.5) is 0 Å². The van der Waals surface area contributed by atoms with Gasteiger partial charge in [-0.3, -0.25) is 4.79 Å². The SMILES string of the molecule is [CH2]C(=O)N1CCC[C@@H](CCOC)C1. The Hall–Kier alpha value is -0.570. The molecule has 1 radical (unpaired) electrons. The second-order valence-electron chi connectivity index (χ2n) is 3.63. The molecular formula is C10H18NO2. The molecule has 0 spiro atoms. The van der Waals surface area contributed by atoms with Crippen LogP contribution in [-0.4, -0.2) is 37.6 Å². The lowest BCUT2D eigenvalue weighted by molar-refractivity contribution is -0.128. The zero-order chi connectivity index (χ0) is 9.68. The van der Waals surface area contributed by atoms with Gasteiger partial charge in [0.15, 0.2) is 0 Å². The highest BCUT2D eigenvalue weighted by atomic mass is 16.5. The first-order chi connectivity index (χ1) is 6.24. The molecule has 1 fully saturated rings. The molecule has 0 N–H and O–H groups in total. The van der Waals surface area contributed by atoms with Gasteiger partial charge in [-0.1, -0.05) is 0 Å². The molecule has 0 aromatic carbocycles. The Morgan fingerprint density at radius 3 is 3.08 bits per heavy atom. The molecule has 1 atom stereocenters. The number of hydrogen-bond acceptors (Lipinski definition) is 2. The Kier molecular flexibility index (Phi) is 4.22. The van der Waals surface area contributed by atoms with E-state index in [1.54, 1.807) is 7.11 Å². The number of rotatable bonds is 3. The summed E-state index contributed by atoms with van der Waals surface area (Å²) in [5.74, 6) is 0.571. The minimum absolute atomic E-state index is 0.0397. The van der Waals surface area contributed by atoms with Crippen molar-refractivity contribution < 1.29 is 9.53 Å². The van der Waals surface area contributed by atoms with E-state index in [1.165, 1.54) is 6.42 Å². The molecule has 0 saturated carbocycles. The fourth-order valence-electron chi connectivity index (χ4n) is 1.81. The standard InChI is InChI=1S/C10H18NO2/c1-9(12)11-6-3-4-10(8-11)5-7-13-2/h10H,1,3-8H2,2H3/t10-/m0/s1. The molecule has 1 saturated heterocycles. The molecule has 1 heterocycles. The van der Waals surface area contributed by atoms with Gasteiger partial charge >= 0.3 is 0 Å². The van der Waals surface area contributed by atoms with Crippen molar-refractivity contribution in [2.45, 2.75) is 19.3 Å². The van der Waals surface area contributed by atoms with E-state index in [4.69, 9.17) is 4.74 Å². The molecule has 3 nitrogen and oxygen atoms in total. The molecule has 1 aliphatic rings. The molecule has 1 amide bonds. The molecule has 0 aromatic rings. The Morgan fingerprint density at radius 1 is 1.69 bits per heavy atom. The Morgan fingerprint density at radius 2 is 2.46 bits per heavy atom. The lowest BCUT2D eigenvalue weighted by atomic mass is 9.95. The monoisotopic (exact) mass is 184 g/mol. The number of piperidine rings is 1. The summed E-state index contributed by atoms with van der Waals surface area (Å²) in [6.45, 7) is 5.98. The van der Waals surface area contributed by atoms with Crippen molar-refractivity contribution in [1.29, 1.82) is 0 Å². The van der Waals surface area contributed by atoms with Crippen LogP contribution in [0.25, 0.3) is 0 Å². The van der Waals surface area contributed by atoms with E-state index in [9.17, 15) is 4.79 Å². The summed E-state index contributed by atoms with van der Waals surface area (Å²) in [6.07, 6.45) is 3.38. The zero-order valence-corrected chi connectivity index (χ0v) is 8.29. The first-order valence-corrected chi connectivity index (χ1v) is 4.84. The number of likely N-dealkylation sites (tertiary alicyclic amines) is 1. The molecule has 13 heavy (non-hydrogen) atoms. The van der Waals surface area contributed by atoms with Crippen LogP contribution in [-0.2, 0) is 9.53 Å².